The van der Waals surface area contributed by atoms with Gasteiger partial charge in [-0.1, -0.05) is 19.9 Å². The molecule has 1 N–H and O–H groups in total. The highest BCUT2D eigenvalue weighted by Crippen LogP contribution is 2.40. The molecule has 90 valence electrons. The molecule has 0 aliphatic heterocycles. The average Bonchev–Trinajstić information content (AvgIpc) is 2.24. The van der Waals surface area contributed by atoms with Gasteiger partial charge in [0, 0.05) is 6.08 Å². The lowest BCUT2D eigenvalue weighted by Gasteiger charge is -2.35. The summed E-state index contributed by atoms with van der Waals surface area (Å²) in [7, 11) is 1.32. The van der Waals surface area contributed by atoms with Crippen molar-refractivity contribution >= 4 is 5.97 Å². The number of allylic oxidation sites excluding steroid dienone is 2. The molecule has 0 fully saturated rings. The lowest BCUT2D eigenvalue weighted by Crippen LogP contribution is -2.27. The van der Waals surface area contributed by atoms with Crippen molar-refractivity contribution in [1.82, 2.24) is 0 Å². The predicted molar refractivity (Wildman–Crippen MR) is 62.9 cm³/mol. The van der Waals surface area contributed by atoms with E-state index >= 15 is 0 Å². The number of methoxy groups -OCH3 is 1. The van der Waals surface area contributed by atoms with Crippen molar-refractivity contribution in [3.05, 3.63) is 23.3 Å². The Balaban J connectivity index is 3.13. The molecule has 0 spiro atoms. The predicted octanol–water partition coefficient (Wildman–Crippen LogP) is 2.21. The Kier molecular flexibility index (Phi) is 3.44. The molecule has 1 aliphatic rings. The molecule has 0 aromatic rings. The largest absolute Gasteiger partial charge is 0.466 e. The minimum atomic E-state index is -1.52. The third-order valence-corrected chi connectivity index (χ3v) is 3.14. The number of carbonyl (C=O) groups excluding carboxylic acids is 1. The fourth-order valence-electron chi connectivity index (χ4n) is 1.99. The molecule has 0 saturated heterocycles. The van der Waals surface area contributed by atoms with Gasteiger partial charge in [0.05, 0.1) is 14.6 Å². The number of esters is 1. The van der Waals surface area contributed by atoms with E-state index in [1.807, 2.05) is 13.8 Å². The quantitative estimate of drug-likeness (QED) is 0.579. The Hall–Kier alpha value is -1.09. The van der Waals surface area contributed by atoms with Gasteiger partial charge >= 0.3 is 5.97 Å². The van der Waals surface area contributed by atoms with E-state index in [4.69, 9.17) is 1.37 Å². The van der Waals surface area contributed by atoms with Gasteiger partial charge in [0.15, 0.2) is 0 Å². The van der Waals surface area contributed by atoms with E-state index in [1.54, 1.807) is 13.0 Å². The molecule has 1 atom stereocenters. The standard InChI is InChI=1S/C13H20O3/c1-9-10(5-6-12(15)16-4)13(2,3)8-7-11(9)14/h5-6,11,14H,7-8H2,1-4H3/i11D. The van der Waals surface area contributed by atoms with E-state index in [9.17, 15) is 9.90 Å². The minimum absolute atomic E-state index is 0.137. The Labute approximate surface area is 98.2 Å². The van der Waals surface area contributed by atoms with Gasteiger partial charge in [-0.2, -0.15) is 0 Å². The van der Waals surface area contributed by atoms with Gasteiger partial charge in [-0.3, -0.25) is 0 Å². The number of aliphatic hydroxyl groups is 1. The summed E-state index contributed by atoms with van der Waals surface area (Å²) in [5.41, 5.74) is 1.31. The minimum Gasteiger partial charge on any atom is -0.466 e. The van der Waals surface area contributed by atoms with Crippen molar-refractivity contribution in [2.24, 2.45) is 5.41 Å². The summed E-state index contributed by atoms with van der Waals surface area (Å²) in [6.45, 7) is 5.83. The molecule has 3 nitrogen and oxygen atoms in total. The average molecular weight is 225 g/mol. The Bertz CT molecular complexity index is 378. The van der Waals surface area contributed by atoms with E-state index in [0.717, 1.165) is 5.57 Å². The van der Waals surface area contributed by atoms with Crippen LogP contribution in [0, 0.1) is 5.41 Å². The molecule has 0 radical (unpaired) electrons. The maximum Gasteiger partial charge on any atom is 0.330 e. The highest BCUT2D eigenvalue weighted by Gasteiger charge is 2.30. The van der Waals surface area contributed by atoms with E-state index in [1.165, 1.54) is 13.2 Å². The molecule has 1 unspecified atom stereocenters. The maximum absolute atomic E-state index is 11.1. The zero-order valence-corrected chi connectivity index (χ0v) is 10.3. The first kappa shape index (κ1) is 11.4. The molecular weight excluding hydrogens is 204 g/mol. The van der Waals surface area contributed by atoms with Crippen molar-refractivity contribution in [3.8, 4) is 0 Å². The summed E-state index contributed by atoms with van der Waals surface area (Å²) in [5.74, 6) is -0.430. The third-order valence-electron chi connectivity index (χ3n) is 3.14. The summed E-state index contributed by atoms with van der Waals surface area (Å²) < 4.78 is 12.4. The topological polar surface area (TPSA) is 46.5 Å². The van der Waals surface area contributed by atoms with Crippen molar-refractivity contribution in [2.45, 2.75) is 39.7 Å². The van der Waals surface area contributed by atoms with Gasteiger partial charge in [0.2, 0.25) is 0 Å². The second kappa shape index (κ2) is 4.83. The van der Waals surface area contributed by atoms with Crippen LogP contribution >= 0.6 is 0 Å². The molecule has 1 rings (SSSR count). The Morgan fingerprint density at radius 3 is 2.88 bits per heavy atom. The number of carbonyl (C=O) groups is 1. The first-order valence-electron chi connectivity index (χ1n) is 5.91. The number of hydrogen-bond donors (Lipinski definition) is 1. The summed E-state index contributed by atoms with van der Waals surface area (Å²) in [6, 6.07) is 0. The molecule has 3 heteroatoms. The van der Waals surface area contributed by atoms with Crippen LogP contribution in [0.3, 0.4) is 0 Å². The molecule has 0 aromatic heterocycles. The van der Waals surface area contributed by atoms with Crippen LogP contribution in [0.4, 0.5) is 0 Å². The van der Waals surface area contributed by atoms with Gasteiger partial charge in [-0.15, -0.1) is 0 Å². The Morgan fingerprint density at radius 2 is 2.31 bits per heavy atom. The van der Waals surface area contributed by atoms with Crippen molar-refractivity contribution in [1.29, 1.82) is 0 Å². The monoisotopic (exact) mass is 225 g/mol. The fraction of sp³-hybridized carbons (Fsp3) is 0.615. The molecule has 1 aliphatic carbocycles. The molecule has 0 saturated carbocycles. The van der Waals surface area contributed by atoms with Gasteiger partial charge in [-0.05, 0) is 36.3 Å². The number of ether oxygens (including phenoxy) is 1. The molecule has 16 heavy (non-hydrogen) atoms. The smallest absolute Gasteiger partial charge is 0.330 e. The molecule has 0 heterocycles. The molecule has 0 bridgehead atoms. The van der Waals surface area contributed by atoms with Gasteiger partial charge in [0.25, 0.3) is 0 Å². The molecular formula is C13H20O3. The van der Waals surface area contributed by atoms with E-state index in [-0.39, 0.29) is 5.41 Å². The zero-order valence-electron chi connectivity index (χ0n) is 11.3. The van der Waals surface area contributed by atoms with E-state index in [2.05, 4.69) is 4.74 Å². The van der Waals surface area contributed by atoms with E-state index < -0.39 is 12.0 Å². The zero-order chi connectivity index (χ0) is 13.3. The Morgan fingerprint density at radius 1 is 1.69 bits per heavy atom. The van der Waals surface area contributed by atoms with Gasteiger partial charge in [0.1, 0.15) is 0 Å². The highest BCUT2D eigenvalue weighted by molar-refractivity contribution is 5.82. The molecule has 0 aromatic carbocycles. The van der Waals surface area contributed by atoms with Gasteiger partial charge in [-0.25, -0.2) is 4.79 Å². The number of hydrogen-bond acceptors (Lipinski definition) is 3. The SMILES string of the molecule is [2H]C1(O)CCC(C)(C)C(C=CC(=O)OC)=C1C. The lowest BCUT2D eigenvalue weighted by atomic mass is 9.71. The van der Waals surface area contributed by atoms with Crippen LogP contribution in [0.1, 0.15) is 35.0 Å². The third kappa shape index (κ3) is 2.73. The van der Waals surface area contributed by atoms with Gasteiger partial charge < -0.3 is 9.84 Å². The lowest BCUT2D eigenvalue weighted by molar-refractivity contribution is -0.134. The van der Waals surface area contributed by atoms with Crippen LogP contribution in [-0.4, -0.2) is 24.3 Å². The van der Waals surface area contributed by atoms with Crippen LogP contribution in [0.2, 0.25) is 0 Å². The van der Waals surface area contributed by atoms with Crippen LogP contribution in [0.25, 0.3) is 0 Å². The first-order valence-corrected chi connectivity index (χ1v) is 5.41. The molecule has 0 amide bonds. The van der Waals surface area contributed by atoms with Crippen LogP contribution < -0.4 is 0 Å². The normalized spacial score (nSPS) is 30.4. The van der Waals surface area contributed by atoms with Crippen LogP contribution in [0.5, 0.6) is 0 Å². The fourth-order valence-corrected chi connectivity index (χ4v) is 1.99. The summed E-state index contributed by atoms with van der Waals surface area (Å²) in [4.78, 5) is 11.1. The van der Waals surface area contributed by atoms with Crippen molar-refractivity contribution in [2.75, 3.05) is 7.11 Å². The van der Waals surface area contributed by atoms with Crippen LogP contribution in [-0.2, 0) is 9.53 Å². The first-order chi connectivity index (χ1) is 7.70. The summed E-state index contributed by atoms with van der Waals surface area (Å²) in [6.07, 6.45) is 2.60. The van der Waals surface area contributed by atoms with Crippen molar-refractivity contribution in [3.63, 3.8) is 0 Å². The summed E-state index contributed by atoms with van der Waals surface area (Å²) >= 11 is 0. The van der Waals surface area contributed by atoms with E-state index in [0.29, 0.717) is 18.4 Å². The highest BCUT2D eigenvalue weighted by atomic mass is 16.5. The summed E-state index contributed by atoms with van der Waals surface area (Å²) in [5, 5.41) is 9.93. The van der Waals surface area contributed by atoms with Crippen LogP contribution in [0.15, 0.2) is 23.3 Å². The second-order valence-corrected chi connectivity index (χ2v) is 4.73. The maximum atomic E-state index is 11.1. The second-order valence-electron chi connectivity index (χ2n) is 4.73. The van der Waals surface area contributed by atoms with Crippen molar-refractivity contribution < 1.29 is 16.0 Å². The number of rotatable bonds is 2.